The third-order valence-electron chi connectivity index (χ3n) is 3.34. The Morgan fingerprint density at radius 1 is 1.41 bits per heavy atom. The van der Waals surface area contributed by atoms with E-state index in [1.54, 1.807) is 24.5 Å². The van der Waals surface area contributed by atoms with Crippen LogP contribution in [-0.4, -0.2) is 25.9 Å². The van der Waals surface area contributed by atoms with Gasteiger partial charge >= 0.3 is 0 Å². The van der Waals surface area contributed by atoms with Gasteiger partial charge in [-0.15, -0.1) is 10.2 Å². The summed E-state index contributed by atoms with van der Waals surface area (Å²) in [7, 11) is 0. The lowest BCUT2D eigenvalue weighted by Crippen LogP contribution is -2.23. The molecule has 0 saturated heterocycles. The number of hydrogen-bond acceptors (Lipinski definition) is 4. The number of rotatable bonds is 5. The zero-order valence-electron chi connectivity index (χ0n) is 11.8. The largest absolute Gasteiger partial charge is 0.323 e. The van der Waals surface area contributed by atoms with Gasteiger partial charge in [-0.25, -0.2) is 0 Å². The summed E-state index contributed by atoms with van der Waals surface area (Å²) in [6.45, 7) is 1.82. The molecule has 22 heavy (non-hydrogen) atoms. The number of nitrogens with one attached hydrogen (secondary N) is 1. The van der Waals surface area contributed by atoms with Crippen LogP contribution >= 0.6 is 35.0 Å². The van der Waals surface area contributed by atoms with Gasteiger partial charge in [0.25, 0.3) is 0 Å². The first-order chi connectivity index (χ1) is 10.6. The molecule has 116 valence electrons. The quantitative estimate of drug-likeness (QED) is 0.821. The van der Waals surface area contributed by atoms with Crippen molar-refractivity contribution in [1.82, 2.24) is 14.8 Å². The van der Waals surface area contributed by atoms with Gasteiger partial charge in [0.2, 0.25) is 5.91 Å². The molecule has 1 aromatic carbocycles. The zero-order valence-corrected chi connectivity index (χ0v) is 14.1. The maximum atomic E-state index is 12.3. The molecule has 1 aromatic heterocycles. The van der Waals surface area contributed by atoms with Gasteiger partial charge in [-0.2, -0.15) is 0 Å². The number of amides is 1. The molecule has 1 N–H and O–H groups in total. The number of hydrogen-bond donors (Lipinski definition) is 1. The van der Waals surface area contributed by atoms with Crippen LogP contribution in [0.3, 0.4) is 0 Å². The van der Waals surface area contributed by atoms with Crippen LogP contribution in [0, 0.1) is 0 Å². The lowest BCUT2D eigenvalue weighted by atomic mass is 10.3. The number of carbonyl (C=O) groups is 1. The van der Waals surface area contributed by atoms with Crippen LogP contribution in [0.5, 0.6) is 0 Å². The fourth-order valence-electron chi connectivity index (χ4n) is 1.97. The first kappa shape index (κ1) is 15.6. The lowest BCUT2D eigenvalue weighted by Gasteiger charge is -2.14. The van der Waals surface area contributed by atoms with Crippen LogP contribution < -0.4 is 5.32 Å². The summed E-state index contributed by atoms with van der Waals surface area (Å²) in [5, 5.41) is 12.0. The maximum Gasteiger partial charge on any atom is 0.237 e. The molecule has 1 fully saturated rings. The molecule has 3 rings (SSSR count). The summed E-state index contributed by atoms with van der Waals surface area (Å²) in [6.07, 6.45) is 4.00. The molecule has 1 heterocycles. The van der Waals surface area contributed by atoms with Gasteiger partial charge in [-0.1, -0.05) is 41.0 Å². The van der Waals surface area contributed by atoms with Crippen molar-refractivity contribution < 1.29 is 4.79 Å². The highest BCUT2D eigenvalue weighted by molar-refractivity contribution is 8.00. The minimum atomic E-state index is -0.339. The van der Waals surface area contributed by atoms with Crippen LogP contribution in [0.25, 0.3) is 0 Å². The molecule has 0 radical (unpaired) electrons. The minimum absolute atomic E-state index is 0.176. The fraction of sp³-hybridized carbons (Fsp3) is 0.357. The number of thioether (sulfide) groups is 1. The van der Waals surface area contributed by atoms with Gasteiger partial charge in [-0.05, 0) is 31.9 Å². The van der Waals surface area contributed by atoms with Crippen molar-refractivity contribution >= 4 is 46.6 Å². The Morgan fingerprint density at radius 2 is 2.09 bits per heavy atom. The van der Waals surface area contributed by atoms with Crippen molar-refractivity contribution in [3.05, 3.63) is 34.6 Å². The molecular formula is C14H14Cl2N4OS. The Bertz CT molecular complexity index is 682. The first-order valence-corrected chi connectivity index (χ1v) is 8.51. The van der Waals surface area contributed by atoms with Crippen LogP contribution in [0.15, 0.2) is 29.7 Å². The highest BCUT2D eigenvalue weighted by atomic mass is 35.5. The van der Waals surface area contributed by atoms with Crippen LogP contribution in [-0.2, 0) is 4.79 Å². The highest BCUT2D eigenvalue weighted by Gasteiger charge is 2.28. The van der Waals surface area contributed by atoms with Crippen LogP contribution in [0.4, 0.5) is 5.69 Å². The van der Waals surface area contributed by atoms with Gasteiger partial charge in [0.1, 0.15) is 6.33 Å². The Morgan fingerprint density at radius 3 is 2.73 bits per heavy atom. The monoisotopic (exact) mass is 356 g/mol. The molecule has 1 unspecified atom stereocenters. The smallest absolute Gasteiger partial charge is 0.237 e. The van der Waals surface area contributed by atoms with E-state index in [2.05, 4.69) is 15.5 Å². The summed E-state index contributed by atoms with van der Waals surface area (Å²) in [5.74, 6) is -0.176. The molecule has 8 heteroatoms. The normalized spacial score (nSPS) is 15.6. The maximum absolute atomic E-state index is 12.3. The number of benzene rings is 1. The van der Waals surface area contributed by atoms with E-state index >= 15 is 0 Å². The van der Waals surface area contributed by atoms with E-state index in [9.17, 15) is 4.79 Å². The van der Waals surface area contributed by atoms with Crippen molar-refractivity contribution in [2.24, 2.45) is 0 Å². The second-order valence-corrected chi connectivity index (χ2v) is 7.22. The van der Waals surface area contributed by atoms with Gasteiger partial charge in [0, 0.05) is 6.04 Å². The second-order valence-electron chi connectivity index (χ2n) is 5.10. The Hall–Kier alpha value is -1.24. The predicted octanol–water partition coefficient (Wildman–Crippen LogP) is 4.04. The number of halogens is 2. The Labute approximate surface area is 142 Å². The standard InChI is InChI=1S/C14H14Cl2N4OS/c1-8(22-14-19-17-7-20(14)9-5-6-9)13(21)18-12-10(15)3-2-4-11(12)16/h2-4,7-9H,5-6H2,1H3,(H,18,21). The molecule has 0 spiro atoms. The topological polar surface area (TPSA) is 59.8 Å². The molecule has 1 amide bonds. The van der Waals surface area contributed by atoms with Crippen molar-refractivity contribution in [2.75, 3.05) is 5.32 Å². The van der Waals surface area contributed by atoms with E-state index in [4.69, 9.17) is 23.2 Å². The highest BCUT2D eigenvalue weighted by Crippen LogP contribution is 2.38. The van der Waals surface area contributed by atoms with E-state index in [1.807, 2.05) is 11.5 Å². The first-order valence-electron chi connectivity index (χ1n) is 6.87. The number of para-hydroxylation sites is 1. The van der Waals surface area contributed by atoms with Crippen molar-refractivity contribution in [2.45, 2.75) is 36.2 Å². The zero-order chi connectivity index (χ0) is 15.7. The molecule has 5 nitrogen and oxygen atoms in total. The van der Waals surface area contributed by atoms with Gasteiger partial charge in [-0.3, -0.25) is 4.79 Å². The van der Waals surface area contributed by atoms with Gasteiger partial charge in [0.05, 0.1) is 21.0 Å². The summed E-state index contributed by atoms with van der Waals surface area (Å²) in [5.41, 5.74) is 0.437. The van der Waals surface area contributed by atoms with E-state index in [0.717, 1.165) is 18.0 Å². The minimum Gasteiger partial charge on any atom is -0.323 e. The Balaban J connectivity index is 1.68. The number of anilines is 1. The third kappa shape index (κ3) is 3.39. The van der Waals surface area contributed by atoms with E-state index in [-0.39, 0.29) is 11.2 Å². The number of nitrogens with zero attached hydrogens (tertiary/aromatic N) is 3. The molecule has 1 aliphatic carbocycles. The fourth-order valence-corrected chi connectivity index (χ4v) is 3.36. The third-order valence-corrected chi connectivity index (χ3v) is 5.04. The summed E-state index contributed by atoms with van der Waals surface area (Å²) >= 11 is 13.5. The molecule has 2 aromatic rings. The second kappa shape index (κ2) is 6.48. The van der Waals surface area contributed by atoms with Crippen molar-refractivity contribution in [1.29, 1.82) is 0 Å². The van der Waals surface area contributed by atoms with Crippen molar-refractivity contribution in [3.63, 3.8) is 0 Å². The van der Waals surface area contributed by atoms with E-state index in [0.29, 0.717) is 21.8 Å². The average Bonchev–Trinajstić information content (AvgIpc) is 3.23. The summed E-state index contributed by atoms with van der Waals surface area (Å²) < 4.78 is 2.02. The molecule has 0 bridgehead atoms. The molecular weight excluding hydrogens is 343 g/mol. The van der Waals surface area contributed by atoms with Gasteiger partial charge in [0.15, 0.2) is 5.16 Å². The van der Waals surface area contributed by atoms with Crippen molar-refractivity contribution in [3.8, 4) is 0 Å². The number of aromatic nitrogens is 3. The van der Waals surface area contributed by atoms with Crippen LogP contribution in [0.2, 0.25) is 10.0 Å². The molecule has 1 aliphatic rings. The molecule has 1 atom stereocenters. The summed E-state index contributed by atoms with van der Waals surface area (Å²) in [4.78, 5) is 12.3. The lowest BCUT2D eigenvalue weighted by molar-refractivity contribution is -0.115. The van der Waals surface area contributed by atoms with Crippen LogP contribution in [0.1, 0.15) is 25.8 Å². The summed E-state index contributed by atoms with van der Waals surface area (Å²) in [6, 6.07) is 5.58. The SMILES string of the molecule is CC(Sc1nncn1C1CC1)C(=O)Nc1c(Cl)cccc1Cl. The van der Waals surface area contributed by atoms with E-state index < -0.39 is 0 Å². The van der Waals surface area contributed by atoms with Gasteiger partial charge < -0.3 is 9.88 Å². The Kier molecular flexibility index (Phi) is 4.61. The van der Waals surface area contributed by atoms with E-state index in [1.165, 1.54) is 11.8 Å². The molecule has 0 aliphatic heterocycles. The molecule has 1 saturated carbocycles. The predicted molar refractivity (Wildman–Crippen MR) is 88.7 cm³/mol. The number of carbonyl (C=O) groups excluding carboxylic acids is 1. The average molecular weight is 357 g/mol.